The van der Waals surface area contributed by atoms with Gasteiger partial charge in [-0.25, -0.2) is 0 Å². The molecule has 4 heteroatoms. The summed E-state index contributed by atoms with van der Waals surface area (Å²) in [5, 5.41) is 0. The summed E-state index contributed by atoms with van der Waals surface area (Å²) in [5.41, 5.74) is 0. The van der Waals surface area contributed by atoms with E-state index in [9.17, 15) is 9.59 Å². The largest absolute Gasteiger partial charge is 0.466 e. The molecule has 0 aromatic carbocycles. The van der Waals surface area contributed by atoms with E-state index in [4.69, 9.17) is 9.47 Å². The summed E-state index contributed by atoms with van der Waals surface area (Å²) in [6.45, 7) is 5.15. The van der Waals surface area contributed by atoms with Gasteiger partial charge in [-0.1, -0.05) is 78.1 Å². The van der Waals surface area contributed by atoms with Crippen molar-refractivity contribution in [3.63, 3.8) is 0 Å². The lowest BCUT2D eigenvalue weighted by molar-refractivity contribution is -0.144. The molecule has 0 amide bonds. The molecule has 0 aromatic heterocycles. The van der Waals surface area contributed by atoms with Crippen LogP contribution in [0.25, 0.3) is 0 Å². The summed E-state index contributed by atoms with van der Waals surface area (Å²) >= 11 is 0. The van der Waals surface area contributed by atoms with Crippen LogP contribution in [0.1, 0.15) is 117 Å². The molecule has 0 bridgehead atoms. The van der Waals surface area contributed by atoms with Crippen molar-refractivity contribution in [1.29, 1.82) is 0 Å². The van der Waals surface area contributed by atoms with Gasteiger partial charge in [-0.05, 0) is 25.7 Å². The van der Waals surface area contributed by atoms with Crippen LogP contribution in [0.4, 0.5) is 0 Å². The first-order valence-electron chi connectivity index (χ1n) is 11.0. The average molecular weight is 371 g/mol. The Morgan fingerprint density at radius 2 is 0.769 bits per heavy atom. The lowest BCUT2D eigenvalue weighted by atomic mass is 10.0. The topological polar surface area (TPSA) is 52.6 Å². The van der Waals surface area contributed by atoms with Gasteiger partial charge in [0.25, 0.3) is 0 Å². The first-order valence-corrected chi connectivity index (χ1v) is 11.0. The zero-order valence-electron chi connectivity index (χ0n) is 17.4. The van der Waals surface area contributed by atoms with Crippen molar-refractivity contribution < 1.29 is 19.1 Å². The monoisotopic (exact) mass is 370 g/mol. The Morgan fingerprint density at radius 1 is 0.500 bits per heavy atom. The summed E-state index contributed by atoms with van der Waals surface area (Å²) in [7, 11) is 0. The number of rotatable bonds is 19. The Balaban J connectivity index is 3.13. The minimum Gasteiger partial charge on any atom is -0.466 e. The molecule has 0 fully saturated rings. The molecule has 0 aliphatic carbocycles. The van der Waals surface area contributed by atoms with E-state index in [0.717, 1.165) is 38.5 Å². The first kappa shape index (κ1) is 24.9. The summed E-state index contributed by atoms with van der Waals surface area (Å²) in [5.74, 6) is -0.0746. The van der Waals surface area contributed by atoms with Gasteiger partial charge in [0.1, 0.15) is 0 Å². The minimum atomic E-state index is -0.0373. The van der Waals surface area contributed by atoms with Gasteiger partial charge in [0, 0.05) is 12.8 Å². The van der Waals surface area contributed by atoms with Crippen LogP contribution in [0.5, 0.6) is 0 Å². The van der Waals surface area contributed by atoms with Gasteiger partial charge < -0.3 is 9.47 Å². The van der Waals surface area contributed by atoms with Crippen molar-refractivity contribution in [2.75, 3.05) is 13.2 Å². The molecule has 0 rings (SSSR count). The highest BCUT2D eigenvalue weighted by Crippen LogP contribution is 2.13. The zero-order chi connectivity index (χ0) is 19.3. The van der Waals surface area contributed by atoms with E-state index in [1.165, 1.54) is 51.4 Å². The van der Waals surface area contributed by atoms with Crippen LogP contribution >= 0.6 is 0 Å². The summed E-state index contributed by atoms with van der Waals surface area (Å²) in [4.78, 5) is 22.7. The number of unbranched alkanes of at least 4 members (excludes halogenated alkanes) is 11. The number of ether oxygens (including phenoxy) is 2. The van der Waals surface area contributed by atoms with Crippen molar-refractivity contribution in [3.8, 4) is 0 Å². The van der Waals surface area contributed by atoms with Crippen LogP contribution < -0.4 is 0 Å². The molecule has 0 aliphatic heterocycles. The van der Waals surface area contributed by atoms with Crippen LogP contribution in [0.15, 0.2) is 0 Å². The SMILES string of the molecule is CCCOC(=O)CCCCCCCCCCCCCCC(=O)OCCC. The fourth-order valence-electron chi connectivity index (χ4n) is 2.88. The predicted octanol–water partition coefficient (Wildman–Crippen LogP) is 6.35. The van der Waals surface area contributed by atoms with E-state index < -0.39 is 0 Å². The third-order valence-electron chi connectivity index (χ3n) is 4.45. The average Bonchev–Trinajstić information content (AvgIpc) is 2.64. The maximum Gasteiger partial charge on any atom is 0.305 e. The second-order valence-corrected chi connectivity index (χ2v) is 7.18. The smallest absolute Gasteiger partial charge is 0.305 e. The van der Waals surface area contributed by atoms with Gasteiger partial charge in [0.15, 0.2) is 0 Å². The number of hydrogen-bond donors (Lipinski definition) is 0. The molecule has 0 atom stereocenters. The molecule has 0 spiro atoms. The van der Waals surface area contributed by atoms with Gasteiger partial charge in [0.2, 0.25) is 0 Å². The zero-order valence-corrected chi connectivity index (χ0v) is 17.4. The lowest BCUT2D eigenvalue weighted by Gasteiger charge is -2.04. The van der Waals surface area contributed by atoms with Crippen molar-refractivity contribution in [2.24, 2.45) is 0 Å². The van der Waals surface area contributed by atoms with Crippen LogP contribution in [0.3, 0.4) is 0 Å². The fourth-order valence-corrected chi connectivity index (χ4v) is 2.88. The van der Waals surface area contributed by atoms with Crippen LogP contribution in [0.2, 0.25) is 0 Å². The molecule has 0 heterocycles. The molecular formula is C22H42O4. The molecular weight excluding hydrogens is 328 g/mol. The Kier molecular flexibility index (Phi) is 19.4. The first-order chi connectivity index (χ1) is 12.7. The van der Waals surface area contributed by atoms with Gasteiger partial charge >= 0.3 is 11.9 Å². The Morgan fingerprint density at radius 3 is 1.04 bits per heavy atom. The third-order valence-corrected chi connectivity index (χ3v) is 4.45. The maximum atomic E-state index is 11.3. The molecule has 154 valence electrons. The third kappa shape index (κ3) is 19.3. The summed E-state index contributed by atoms with van der Waals surface area (Å²) in [6, 6.07) is 0. The summed E-state index contributed by atoms with van der Waals surface area (Å²) in [6.07, 6.45) is 17.5. The minimum absolute atomic E-state index is 0.0373. The van der Waals surface area contributed by atoms with Crippen LogP contribution in [-0.4, -0.2) is 25.2 Å². The number of carbonyl (C=O) groups is 2. The lowest BCUT2D eigenvalue weighted by Crippen LogP contribution is -2.04. The molecule has 0 saturated heterocycles. The van der Waals surface area contributed by atoms with E-state index in [2.05, 4.69) is 0 Å². The standard InChI is InChI=1S/C22H42O4/c1-3-19-25-21(23)17-15-13-11-9-7-5-6-8-10-12-14-16-18-22(24)26-20-4-2/h3-20H2,1-2H3. The molecule has 26 heavy (non-hydrogen) atoms. The van der Waals surface area contributed by atoms with E-state index in [1.54, 1.807) is 0 Å². The van der Waals surface area contributed by atoms with E-state index >= 15 is 0 Å². The molecule has 0 radical (unpaired) electrons. The molecule has 0 N–H and O–H groups in total. The maximum absolute atomic E-state index is 11.3. The summed E-state index contributed by atoms with van der Waals surface area (Å²) < 4.78 is 10.1. The second kappa shape index (κ2) is 20.3. The van der Waals surface area contributed by atoms with Crippen molar-refractivity contribution in [3.05, 3.63) is 0 Å². The molecule has 0 unspecified atom stereocenters. The molecule has 4 nitrogen and oxygen atoms in total. The number of esters is 2. The molecule has 0 aromatic rings. The van der Waals surface area contributed by atoms with Crippen molar-refractivity contribution in [1.82, 2.24) is 0 Å². The van der Waals surface area contributed by atoms with Gasteiger partial charge in [0.05, 0.1) is 13.2 Å². The van der Waals surface area contributed by atoms with E-state index in [1.807, 2.05) is 13.8 Å². The molecule has 0 saturated carbocycles. The number of carbonyl (C=O) groups excluding carboxylic acids is 2. The quantitative estimate of drug-likeness (QED) is 0.196. The van der Waals surface area contributed by atoms with Gasteiger partial charge in [-0.2, -0.15) is 0 Å². The van der Waals surface area contributed by atoms with E-state index in [0.29, 0.717) is 26.1 Å². The van der Waals surface area contributed by atoms with Gasteiger partial charge in [-0.3, -0.25) is 9.59 Å². The number of hydrogen-bond acceptors (Lipinski definition) is 4. The van der Waals surface area contributed by atoms with Gasteiger partial charge in [-0.15, -0.1) is 0 Å². The Hall–Kier alpha value is -1.06. The predicted molar refractivity (Wildman–Crippen MR) is 107 cm³/mol. The van der Waals surface area contributed by atoms with Crippen LogP contribution in [0, 0.1) is 0 Å². The molecule has 0 aliphatic rings. The van der Waals surface area contributed by atoms with E-state index in [-0.39, 0.29) is 11.9 Å². The second-order valence-electron chi connectivity index (χ2n) is 7.18. The van der Waals surface area contributed by atoms with Crippen molar-refractivity contribution in [2.45, 2.75) is 117 Å². The fraction of sp³-hybridized carbons (Fsp3) is 0.909. The highest BCUT2D eigenvalue weighted by molar-refractivity contribution is 5.69. The van der Waals surface area contributed by atoms with Crippen LogP contribution in [-0.2, 0) is 19.1 Å². The Labute approximate surface area is 161 Å². The van der Waals surface area contributed by atoms with Crippen molar-refractivity contribution >= 4 is 11.9 Å². The normalized spacial score (nSPS) is 10.7. The Bertz CT molecular complexity index is 296. The highest BCUT2D eigenvalue weighted by atomic mass is 16.5. The highest BCUT2D eigenvalue weighted by Gasteiger charge is 2.02.